The second kappa shape index (κ2) is 8.04. The summed E-state index contributed by atoms with van der Waals surface area (Å²) < 4.78 is 6.05. The van der Waals surface area contributed by atoms with Crippen molar-refractivity contribution in [1.29, 1.82) is 0 Å². The Kier molecular flexibility index (Phi) is 7.01. The number of ether oxygens (including phenoxy) is 1. The Morgan fingerprint density at radius 2 is 2.00 bits per heavy atom. The molecular formula is C13H28N2O. The zero-order valence-electron chi connectivity index (χ0n) is 11.2. The molecule has 1 aliphatic rings. The third kappa shape index (κ3) is 5.83. The average molecular weight is 228 g/mol. The lowest BCUT2D eigenvalue weighted by Crippen LogP contribution is -2.36. The monoisotopic (exact) mass is 228 g/mol. The van der Waals surface area contributed by atoms with E-state index in [9.17, 15) is 0 Å². The van der Waals surface area contributed by atoms with Gasteiger partial charge in [0.1, 0.15) is 0 Å². The van der Waals surface area contributed by atoms with E-state index < -0.39 is 0 Å². The van der Waals surface area contributed by atoms with Crippen LogP contribution in [-0.4, -0.2) is 50.3 Å². The zero-order chi connectivity index (χ0) is 11.8. The first kappa shape index (κ1) is 13.9. The summed E-state index contributed by atoms with van der Waals surface area (Å²) in [6, 6.07) is 0. The molecule has 0 spiro atoms. The van der Waals surface area contributed by atoms with E-state index in [-0.39, 0.29) is 0 Å². The molecule has 3 heteroatoms. The molecule has 1 aliphatic heterocycles. The smallest absolute Gasteiger partial charge is 0.0603 e. The molecule has 0 aromatic heterocycles. The van der Waals surface area contributed by atoms with E-state index in [0.717, 1.165) is 19.5 Å². The number of hydrogen-bond acceptors (Lipinski definition) is 3. The Morgan fingerprint density at radius 1 is 1.31 bits per heavy atom. The Labute approximate surface area is 101 Å². The third-order valence-electron chi connectivity index (χ3n) is 3.24. The number of likely N-dealkylation sites (tertiary alicyclic amines) is 1. The van der Waals surface area contributed by atoms with E-state index in [1.54, 1.807) is 0 Å². The predicted molar refractivity (Wildman–Crippen MR) is 68.8 cm³/mol. The number of nitrogens with one attached hydrogen (secondary N) is 1. The van der Waals surface area contributed by atoms with Crippen LogP contribution in [0.2, 0.25) is 0 Å². The normalized spacial score (nSPS) is 21.2. The van der Waals surface area contributed by atoms with Gasteiger partial charge in [-0.3, -0.25) is 0 Å². The highest BCUT2D eigenvalue weighted by Crippen LogP contribution is 2.14. The molecule has 0 aliphatic carbocycles. The van der Waals surface area contributed by atoms with Gasteiger partial charge in [-0.25, -0.2) is 0 Å². The molecular weight excluding hydrogens is 200 g/mol. The average Bonchev–Trinajstić information content (AvgIpc) is 2.28. The predicted octanol–water partition coefficient (Wildman–Crippen LogP) is 1.88. The van der Waals surface area contributed by atoms with Gasteiger partial charge in [-0.1, -0.05) is 6.92 Å². The number of nitrogens with zero attached hydrogens (tertiary/aromatic N) is 1. The number of piperidine rings is 1. The molecule has 1 saturated heterocycles. The van der Waals surface area contributed by atoms with Crippen LogP contribution in [0.15, 0.2) is 0 Å². The second-order valence-corrected chi connectivity index (χ2v) is 4.99. The van der Waals surface area contributed by atoms with Crippen LogP contribution in [0, 0.1) is 0 Å². The van der Waals surface area contributed by atoms with Gasteiger partial charge in [0.15, 0.2) is 0 Å². The number of hydrogen-bond donors (Lipinski definition) is 1. The summed E-state index contributed by atoms with van der Waals surface area (Å²) in [5.41, 5.74) is 0. The van der Waals surface area contributed by atoms with Crippen LogP contribution in [0.1, 0.15) is 39.5 Å². The molecule has 1 fully saturated rings. The zero-order valence-corrected chi connectivity index (χ0v) is 11.2. The summed E-state index contributed by atoms with van der Waals surface area (Å²) in [6.07, 6.45) is 5.64. The Hall–Kier alpha value is -0.120. The van der Waals surface area contributed by atoms with Crippen LogP contribution in [0.3, 0.4) is 0 Å². The third-order valence-corrected chi connectivity index (χ3v) is 3.24. The lowest BCUT2D eigenvalue weighted by atomic mass is 10.1. The van der Waals surface area contributed by atoms with Gasteiger partial charge in [0.25, 0.3) is 0 Å². The minimum absolute atomic E-state index is 0.401. The summed E-state index contributed by atoms with van der Waals surface area (Å²) in [7, 11) is 2.19. The SMILES string of the molecule is CCCNCCC(C)OC1CCN(C)CC1. The first-order valence-electron chi connectivity index (χ1n) is 6.77. The van der Waals surface area contributed by atoms with Gasteiger partial charge in [-0.2, -0.15) is 0 Å². The molecule has 0 radical (unpaired) electrons. The minimum atomic E-state index is 0.401. The largest absolute Gasteiger partial charge is 0.375 e. The summed E-state index contributed by atoms with van der Waals surface area (Å²) in [5, 5.41) is 3.42. The van der Waals surface area contributed by atoms with Crippen molar-refractivity contribution in [3.8, 4) is 0 Å². The Morgan fingerprint density at radius 3 is 2.62 bits per heavy atom. The van der Waals surface area contributed by atoms with Crippen molar-refractivity contribution < 1.29 is 4.74 Å². The minimum Gasteiger partial charge on any atom is -0.375 e. The molecule has 0 saturated carbocycles. The Bertz CT molecular complexity index is 167. The van der Waals surface area contributed by atoms with Gasteiger partial charge in [0.05, 0.1) is 12.2 Å². The maximum atomic E-state index is 6.05. The maximum Gasteiger partial charge on any atom is 0.0603 e. The lowest BCUT2D eigenvalue weighted by molar-refractivity contribution is -0.0340. The van der Waals surface area contributed by atoms with Gasteiger partial charge < -0.3 is 15.0 Å². The molecule has 1 rings (SSSR count). The highest BCUT2D eigenvalue weighted by atomic mass is 16.5. The van der Waals surface area contributed by atoms with Crippen molar-refractivity contribution in [3.05, 3.63) is 0 Å². The fraction of sp³-hybridized carbons (Fsp3) is 1.00. The van der Waals surface area contributed by atoms with Gasteiger partial charge in [-0.05, 0) is 52.7 Å². The van der Waals surface area contributed by atoms with Crippen LogP contribution < -0.4 is 5.32 Å². The summed E-state index contributed by atoms with van der Waals surface area (Å²) in [6.45, 7) is 8.98. The summed E-state index contributed by atoms with van der Waals surface area (Å²) in [4.78, 5) is 2.38. The van der Waals surface area contributed by atoms with Crippen LogP contribution in [0.4, 0.5) is 0 Å². The van der Waals surface area contributed by atoms with Crippen molar-refractivity contribution in [1.82, 2.24) is 10.2 Å². The van der Waals surface area contributed by atoms with Gasteiger partial charge in [0, 0.05) is 13.1 Å². The van der Waals surface area contributed by atoms with Crippen molar-refractivity contribution in [2.75, 3.05) is 33.2 Å². The van der Waals surface area contributed by atoms with E-state index in [1.165, 1.54) is 32.4 Å². The molecule has 1 unspecified atom stereocenters. The Balaban J connectivity index is 2.02. The van der Waals surface area contributed by atoms with Crippen LogP contribution in [0.5, 0.6) is 0 Å². The van der Waals surface area contributed by atoms with Crippen molar-refractivity contribution in [2.24, 2.45) is 0 Å². The van der Waals surface area contributed by atoms with Gasteiger partial charge >= 0.3 is 0 Å². The standard InChI is InChI=1S/C13H28N2O/c1-4-8-14-9-5-12(2)16-13-6-10-15(3)11-7-13/h12-14H,4-11H2,1-3H3. The lowest BCUT2D eigenvalue weighted by Gasteiger charge is -2.31. The molecule has 0 aromatic carbocycles. The topological polar surface area (TPSA) is 24.5 Å². The molecule has 16 heavy (non-hydrogen) atoms. The van der Waals surface area contributed by atoms with Gasteiger partial charge in [0.2, 0.25) is 0 Å². The molecule has 96 valence electrons. The number of rotatable bonds is 7. The van der Waals surface area contributed by atoms with Crippen molar-refractivity contribution in [3.63, 3.8) is 0 Å². The second-order valence-electron chi connectivity index (χ2n) is 4.99. The maximum absolute atomic E-state index is 6.05. The summed E-state index contributed by atoms with van der Waals surface area (Å²) in [5.74, 6) is 0. The summed E-state index contributed by atoms with van der Waals surface area (Å²) >= 11 is 0. The van der Waals surface area contributed by atoms with Gasteiger partial charge in [-0.15, -0.1) is 0 Å². The van der Waals surface area contributed by atoms with E-state index in [4.69, 9.17) is 4.74 Å². The van der Waals surface area contributed by atoms with Crippen molar-refractivity contribution in [2.45, 2.75) is 51.7 Å². The molecule has 0 bridgehead atoms. The molecule has 1 N–H and O–H groups in total. The quantitative estimate of drug-likeness (QED) is 0.673. The van der Waals surface area contributed by atoms with Crippen molar-refractivity contribution >= 4 is 0 Å². The highest BCUT2D eigenvalue weighted by Gasteiger charge is 2.18. The van der Waals surface area contributed by atoms with Crippen LogP contribution in [-0.2, 0) is 4.74 Å². The fourth-order valence-corrected chi connectivity index (χ4v) is 2.12. The highest BCUT2D eigenvalue weighted by molar-refractivity contribution is 4.71. The van der Waals surface area contributed by atoms with E-state index in [1.807, 2.05) is 0 Å². The van der Waals surface area contributed by atoms with Crippen LogP contribution in [0.25, 0.3) is 0 Å². The molecule has 0 amide bonds. The van der Waals surface area contributed by atoms with E-state index in [2.05, 4.69) is 31.1 Å². The van der Waals surface area contributed by atoms with E-state index in [0.29, 0.717) is 12.2 Å². The first-order valence-corrected chi connectivity index (χ1v) is 6.77. The fourth-order valence-electron chi connectivity index (χ4n) is 2.12. The molecule has 0 aromatic rings. The molecule has 1 atom stereocenters. The van der Waals surface area contributed by atoms with E-state index >= 15 is 0 Å². The first-order chi connectivity index (χ1) is 7.72. The molecule has 1 heterocycles. The molecule has 3 nitrogen and oxygen atoms in total. The van der Waals surface area contributed by atoms with Crippen LogP contribution >= 0.6 is 0 Å².